The van der Waals surface area contributed by atoms with Gasteiger partial charge in [-0.05, 0) is 52.6 Å². The van der Waals surface area contributed by atoms with Crippen LogP contribution < -0.4 is 4.90 Å². The molecule has 0 atom stereocenters. The summed E-state index contributed by atoms with van der Waals surface area (Å²) in [6.07, 6.45) is 0. The molecule has 0 N–H and O–H groups in total. The lowest BCUT2D eigenvalue weighted by atomic mass is 9.97. The standard InChI is InChI=1S/C48H29NO2/c1-4-16-33-30(12-1)15-9-23-41(33)49(43-24-11-25-44-45(43)40-29-27-32-14-3-6-18-35(32)47(40)50-44)42-22-8-7-19-36(42)37-20-10-21-38-39-28-26-31-13-2-5-17-34(31)46(39)51-48(37)38/h1-29H. The number of anilines is 3. The average molecular weight is 652 g/mol. The maximum atomic E-state index is 6.89. The molecule has 11 rings (SSSR count). The summed E-state index contributed by atoms with van der Waals surface area (Å²) in [5.74, 6) is 0. The van der Waals surface area contributed by atoms with Crippen molar-refractivity contribution in [2.75, 3.05) is 4.90 Å². The fourth-order valence-corrected chi connectivity index (χ4v) is 8.15. The maximum absolute atomic E-state index is 6.89. The predicted octanol–water partition coefficient (Wildman–Crippen LogP) is 14.1. The van der Waals surface area contributed by atoms with Crippen LogP contribution in [-0.2, 0) is 0 Å². The van der Waals surface area contributed by atoms with Crippen molar-refractivity contribution in [3.05, 3.63) is 176 Å². The fourth-order valence-electron chi connectivity index (χ4n) is 8.15. The molecule has 0 saturated heterocycles. The van der Waals surface area contributed by atoms with E-state index in [9.17, 15) is 0 Å². The molecule has 0 aliphatic rings. The number of benzene rings is 9. The van der Waals surface area contributed by atoms with E-state index in [2.05, 4.69) is 181 Å². The highest BCUT2D eigenvalue weighted by molar-refractivity contribution is 6.21. The zero-order valence-electron chi connectivity index (χ0n) is 27.5. The molecule has 0 radical (unpaired) electrons. The van der Waals surface area contributed by atoms with Gasteiger partial charge >= 0.3 is 0 Å². The van der Waals surface area contributed by atoms with E-state index in [0.717, 1.165) is 88.2 Å². The Morgan fingerprint density at radius 2 is 0.804 bits per heavy atom. The van der Waals surface area contributed by atoms with E-state index >= 15 is 0 Å². The van der Waals surface area contributed by atoms with Gasteiger partial charge in [0.25, 0.3) is 0 Å². The Morgan fingerprint density at radius 3 is 1.61 bits per heavy atom. The van der Waals surface area contributed by atoms with Crippen LogP contribution in [0.25, 0.3) is 87.3 Å². The monoisotopic (exact) mass is 651 g/mol. The second-order valence-corrected chi connectivity index (χ2v) is 13.2. The number of fused-ring (bicyclic) bond motifs is 11. The molecule has 11 aromatic rings. The molecule has 0 spiro atoms. The second kappa shape index (κ2) is 10.8. The molecule has 0 bridgehead atoms. The number of para-hydroxylation sites is 2. The van der Waals surface area contributed by atoms with Gasteiger partial charge in [-0.25, -0.2) is 0 Å². The first kappa shape index (κ1) is 28.0. The van der Waals surface area contributed by atoms with Gasteiger partial charge in [-0.3, -0.25) is 0 Å². The molecule has 0 fully saturated rings. The van der Waals surface area contributed by atoms with Crippen LogP contribution in [0.4, 0.5) is 17.1 Å². The van der Waals surface area contributed by atoms with Crippen molar-refractivity contribution in [3.63, 3.8) is 0 Å². The van der Waals surface area contributed by atoms with E-state index in [-0.39, 0.29) is 0 Å². The molecule has 51 heavy (non-hydrogen) atoms. The van der Waals surface area contributed by atoms with Crippen LogP contribution in [0, 0.1) is 0 Å². The molecule has 238 valence electrons. The van der Waals surface area contributed by atoms with Crippen LogP contribution in [0.2, 0.25) is 0 Å². The van der Waals surface area contributed by atoms with Crippen LogP contribution in [-0.4, -0.2) is 0 Å². The second-order valence-electron chi connectivity index (χ2n) is 13.2. The molecule has 0 aliphatic carbocycles. The van der Waals surface area contributed by atoms with E-state index in [1.54, 1.807) is 0 Å². The summed E-state index contributed by atoms with van der Waals surface area (Å²) in [7, 11) is 0. The molecule has 0 amide bonds. The summed E-state index contributed by atoms with van der Waals surface area (Å²) < 4.78 is 13.6. The number of nitrogens with zero attached hydrogens (tertiary/aromatic N) is 1. The summed E-state index contributed by atoms with van der Waals surface area (Å²) in [6, 6.07) is 62.5. The third kappa shape index (κ3) is 4.12. The van der Waals surface area contributed by atoms with Gasteiger partial charge in [0, 0.05) is 43.4 Å². The van der Waals surface area contributed by atoms with Crippen molar-refractivity contribution in [1.82, 2.24) is 0 Å². The number of hydrogen-bond acceptors (Lipinski definition) is 3. The quantitative estimate of drug-likeness (QED) is 0.190. The molecular formula is C48H29NO2. The minimum Gasteiger partial charge on any atom is -0.455 e. The van der Waals surface area contributed by atoms with E-state index in [0.29, 0.717) is 0 Å². The van der Waals surface area contributed by atoms with Crippen molar-refractivity contribution < 1.29 is 8.83 Å². The zero-order chi connectivity index (χ0) is 33.5. The largest absolute Gasteiger partial charge is 0.455 e. The normalized spacial score (nSPS) is 11.9. The molecule has 9 aromatic carbocycles. The SMILES string of the molecule is c1ccc(N(c2cccc3ccccc23)c2cccc3oc4c5ccccc5ccc4c23)c(-c2cccc3c2oc2c4ccccc4ccc32)c1. The Morgan fingerprint density at radius 1 is 0.294 bits per heavy atom. The first-order valence-corrected chi connectivity index (χ1v) is 17.4. The molecule has 3 nitrogen and oxygen atoms in total. The number of hydrogen-bond donors (Lipinski definition) is 0. The minimum atomic E-state index is 0.854. The third-order valence-electron chi connectivity index (χ3n) is 10.4. The van der Waals surface area contributed by atoms with Gasteiger partial charge in [-0.2, -0.15) is 0 Å². The van der Waals surface area contributed by atoms with Gasteiger partial charge in [0.1, 0.15) is 22.3 Å². The number of rotatable bonds is 4. The Bertz CT molecular complexity index is 3160. The van der Waals surface area contributed by atoms with Gasteiger partial charge in [-0.1, -0.05) is 140 Å². The van der Waals surface area contributed by atoms with E-state index in [1.807, 2.05) is 0 Å². The summed E-state index contributed by atoms with van der Waals surface area (Å²) in [5, 5.41) is 11.3. The van der Waals surface area contributed by atoms with Crippen molar-refractivity contribution in [3.8, 4) is 11.1 Å². The van der Waals surface area contributed by atoms with E-state index in [4.69, 9.17) is 8.83 Å². The summed E-state index contributed by atoms with van der Waals surface area (Å²) >= 11 is 0. The Hall–Kier alpha value is -6.84. The molecule has 3 heteroatoms. The fraction of sp³-hybridized carbons (Fsp3) is 0. The van der Waals surface area contributed by atoms with E-state index < -0.39 is 0 Å². The lowest BCUT2D eigenvalue weighted by molar-refractivity contribution is 0.672. The lowest BCUT2D eigenvalue weighted by Crippen LogP contribution is -2.12. The van der Waals surface area contributed by atoms with Crippen molar-refractivity contribution in [2.24, 2.45) is 0 Å². The van der Waals surface area contributed by atoms with E-state index in [1.165, 1.54) is 16.2 Å². The molecule has 2 heterocycles. The molecule has 0 aliphatic heterocycles. The van der Waals surface area contributed by atoms with Crippen LogP contribution in [0.3, 0.4) is 0 Å². The van der Waals surface area contributed by atoms with Crippen LogP contribution in [0.5, 0.6) is 0 Å². The topological polar surface area (TPSA) is 29.5 Å². The van der Waals surface area contributed by atoms with Crippen molar-refractivity contribution in [2.45, 2.75) is 0 Å². The predicted molar refractivity (Wildman–Crippen MR) is 214 cm³/mol. The third-order valence-corrected chi connectivity index (χ3v) is 10.4. The Kier molecular flexibility index (Phi) is 5.96. The van der Waals surface area contributed by atoms with Crippen molar-refractivity contribution in [1.29, 1.82) is 0 Å². The van der Waals surface area contributed by atoms with Crippen molar-refractivity contribution >= 4 is 93.3 Å². The minimum absolute atomic E-state index is 0.854. The summed E-state index contributed by atoms with van der Waals surface area (Å²) in [6.45, 7) is 0. The highest BCUT2D eigenvalue weighted by Gasteiger charge is 2.25. The first-order valence-electron chi connectivity index (χ1n) is 17.4. The van der Waals surface area contributed by atoms with Gasteiger partial charge in [-0.15, -0.1) is 0 Å². The van der Waals surface area contributed by atoms with Crippen LogP contribution in [0.1, 0.15) is 0 Å². The van der Waals surface area contributed by atoms with Gasteiger partial charge in [0.15, 0.2) is 0 Å². The zero-order valence-corrected chi connectivity index (χ0v) is 27.5. The molecular weight excluding hydrogens is 623 g/mol. The smallest absolute Gasteiger partial charge is 0.143 e. The molecule has 2 aromatic heterocycles. The maximum Gasteiger partial charge on any atom is 0.143 e. The Labute approximate surface area is 293 Å². The Balaban J connectivity index is 1.24. The highest BCUT2D eigenvalue weighted by Crippen LogP contribution is 2.49. The molecule has 0 saturated carbocycles. The first-order chi connectivity index (χ1) is 25.3. The van der Waals surface area contributed by atoms with Gasteiger partial charge in [0.2, 0.25) is 0 Å². The average Bonchev–Trinajstić information content (AvgIpc) is 3.78. The molecule has 0 unspecified atom stereocenters. The summed E-state index contributed by atoms with van der Waals surface area (Å²) in [4.78, 5) is 2.42. The van der Waals surface area contributed by atoms with Gasteiger partial charge in [0.05, 0.1) is 22.4 Å². The van der Waals surface area contributed by atoms with Crippen LogP contribution in [0.15, 0.2) is 185 Å². The lowest BCUT2D eigenvalue weighted by Gasteiger charge is -2.29. The number of furan rings is 2. The van der Waals surface area contributed by atoms with Gasteiger partial charge < -0.3 is 13.7 Å². The highest BCUT2D eigenvalue weighted by atomic mass is 16.3. The van der Waals surface area contributed by atoms with Crippen LogP contribution >= 0.6 is 0 Å². The summed E-state index contributed by atoms with van der Waals surface area (Å²) in [5.41, 5.74) is 8.87.